The first-order chi connectivity index (χ1) is 9.56. The minimum absolute atomic E-state index is 0.0312. The number of nitrogen functional groups attached to an aromatic ring is 1. The van der Waals surface area contributed by atoms with Gasteiger partial charge in [0.05, 0.1) is 12.8 Å². The lowest BCUT2D eigenvalue weighted by atomic mass is 10.2. The number of carbonyl (C=O) groups excluding carboxylic acids is 1. The monoisotopic (exact) mass is 278 g/mol. The number of aryl methyl sites for hydroxylation is 1. The van der Waals surface area contributed by atoms with E-state index < -0.39 is 17.2 Å². The SMILES string of the molecule is CCc1cn(Cc2ccoc2C(=O)NN)c(=O)[nH]c1=O. The Balaban J connectivity index is 2.41. The topological polar surface area (TPSA) is 123 Å². The highest BCUT2D eigenvalue weighted by atomic mass is 16.3. The second-order valence-corrected chi connectivity index (χ2v) is 4.14. The van der Waals surface area contributed by atoms with Crippen molar-refractivity contribution in [1.29, 1.82) is 0 Å². The third-order valence-electron chi connectivity index (χ3n) is 2.89. The van der Waals surface area contributed by atoms with E-state index >= 15 is 0 Å². The normalized spacial score (nSPS) is 10.5. The predicted octanol–water partition coefficient (Wildman–Crippen LogP) is -0.656. The van der Waals surface area contributed by atoms with E-state index in [4.69, 9.17) is 10.3 Å². The van der Waals surface area contributed by atoms with Crippen molar-refractivity contribution < 1.29 is 9.21 Å². The van der Waals surface area contributed by atoms with E-state index in [1.165, 1.54) is 17.0 Å². The molecule has 2 heterocycles. The Kier molecular flexibility index (Phi) is 3.85. The second kappa shape index (κ2) is 5.57. The van der Waals surface area contributed by atoms with Gasteiger partial charge in [-0.1, -0.05) is 6.92 Å². The third kappa shape index (κ3) is 2.54. The van der Waals surface area contributed by atoms with Crippen LogP contribution in [0.1, 0.15) is 28.6 Å². The molecule has 8 heteroatoms. The standard InChI is InChI=1S/C12H14N4O4/c1-2-7-5-16(12(19)14-10(7)17)6-8-3-4-20-9(8)11(18)15-13/h3-5H,2,6,13H2,1H3,(H,15,18)(H,14,17,19). The number of hydrogen-bond acceptors (Lipinski definition) is 5. The van der Waals surface area contributed by atoms with Gasteiger partial charge in [0.1, 0.15) is 0 Å². The molecule has 0 aliphatic rings. The maximum absolute atomic E-state index is 11.7. The van der Waals surface area contributed by atoms with Gasteiger partial charge in [-0.2, -0.15) is 0 Å². The molecule has 0 aromatic carbocycles. The van der Waals surface area contributed by atoms with Gasteiger partial charge in [-0.25, -0.2) is 10.6 Å². The summed E-state index contributed by atoms with van der Waals surface area (Å²) in [6.07, 6.45) is 3.30. The molecule has 0 unspecified atom stereocenters. The largest absolute Gasteiger partial charge is 0.459 e. The lowest BCUT2D eigenvalue weighted by Gasteiger charge is -2.06. The van der Waals surface area contributed by atoms with Crippen LogP contribution in [-0.4, -0.2) is 15.5 Å². The zero-order valence-electron chi connectivity index (χ0n) is 10.8. The molecule has 0 fully saturated rings. The predicted molar refractivity (Wildman–Crippen MR) is 70.2 cm³/mol. The molecular formula is C12H14N4O4. The maximum Gasteiger partial charge on any atom is 0.328 e. The van der Waals surface area contributed by atoms with Crippen LogP contribution in [0, 0.1) is 0 Å². The van der Waals surface area contributed by atoms with Crippen molar-refractivity contribution in [3.05, 3.63) is 56.3 Å². The molecule has 2 aromatic heterocycles. The van der Waals surface area contributed by atoms with Gasteiger partial charge in [0.2, 0.25) is 0 Å². The highest BCUT2D eigenvalue weighted by Crippen LogP contribution is 2.11. The molecular weight excluding hydrogens is 264 g/mol. The molecule has 0 saturated carbocycles. The lowest BCUT2D eigenvalue weighted by molar-refractivity contribution is 0.0924. The minimum Gasteiger partial charge on any atom is -0.459 e. The van der Waals surface area contributed by atoms with Crippen molar-refractivity contribution >= 4 is 5.91 Å². The fourth-order valence-electron chi connectivity index (χ4n) is 1.83. The molecule has 0 saturated heterocycles. The number of furan rings is 1. The summed E-state index contributed by atoms with van der Waals surface area (Å²) in [5.41, 5.74) is 1.99. The molecule has 106 valence electrons. The molecule has 0 spiro atoms. The number of nitrogens with one attached hydrogen (secondary N) is 2. The van der Waals surface area contributed by atoms with E-state index in [9.17, 15) is 14.4 Å². The van der Waals surface area contributed by atoms with Gasteiger partial charge in [0.25, 0.3) is 5.56 Å². The number of aromatic nitrogens is 2. The molecule has 0 aliphatic carbocycles. The molecule has 8 nitrogen and oxygen atoms in total. The zero-order valence-corrected chi connectivity index (χ0v) is 10.8. The Labute approximate surface area is 113 Å². The van der Waals surface area contributed by atoms with Crippen LogP contribution in [0.15, 0.2) is 32.5 Å². The van der Waals surface area contributed by atoms with Crippen LogP contribution in [0.5, 0.6) is 0 Å². The van der Waals surface area contributed by atoms with Crippen molar-refractivity contribution in [2.75, 3.05) is 0 Å². The van der Waals surface area contributed by atoms with E-state index in [1.807, 2.05) is 12.3 Å². The van der Waals surface area contributed by atoms with Crippen molar-refractivity contribution in [3.8, 4) is 0 Å². The number of H-pyrrole nitrogens is 1. The smallest absolute Gasteiger partial charge is 0.328 e. The van der Waals surface area contributed by atoms with E-state index in [1.54, 1.807) is 6.07 Å². The molecule has 0 radical (unpaired) electrons. The minimum atomic E-state index is -0.585. The summed E-state index contributed by atoms with van der Waals surface area (Å²) < 4.78 is 6.33. The molecule has 0 aliphatic heterocycles. The van der Waals surface area contributed by atoms with Gasteiger partial charge >= 0.3 is 11.6 Å². The van der Waals surface area contributed by atoms with Gasteiger partial charge < -0.3 is 4.42 Å². The molecule has 20 heavy (non-hydrogen) atoms. The number of nitrogens with two attached hydrogens (primary N) is 1. The summed E-state index contributed by atoms with van der Waals surface area (Å²) >= 11 is 0. The van der Waals surface area contributed by atoms with Crippen LogP contribution in [-0.2, 0) is 13.0 Å². The first kappa shape index (κ1) is 13.8. The fourth-order valence-corrected chi connectivity index (χ4v) is 1.83. The summed E-state index contributed by atoms with van der Waals surface area (Å²) in [4.78, 5) is 36.9. The van der Waals surface area contributed by atoms with Crippen LogP contribution in [0.3, 0.4) is 0 Å². The first-order valence-corrected chi connectivity index (χ1v) is 5.96. The second-order valence-electron chi connectivity index (χ2n) is 4.14. The molecule has 4 N–H and O–H groups in total. The molecule has 0 bridgehead atoms. The lowest BCUT2D eigenvalue weighted by Crippen LogP contribution is -2.33. The van der Waals surface area contributed by atoms with Crippen molar-refractivity contribution in [3.63, 3.8) is 0 Å². The highest BCUT2D eigenvalue weighted by molar-refractivity contribution is 5.92. The summed E-state index contributed by atoms with van der Waals surface area (Å²) in [7, 11) is 0. The van der Waals surface area contributed by atoms with Gasteiger partial charge in [0.15, 0.2) is 5.76 Å². The Morgan fingerprint density at radius 2 is 2.20 bits per heavy atom. The number of nitrogens with zero attached hydrogens (tertiary/aromatic N) is 1. The quantitative estimate of drug-likeness (QED) is 0.389. The maximum atomic E-state index is 11.7. The Morgan fingerprint density at radius 3 is 2.85 bits per heavy atom. The van der Waals surface area contributed by atoms with Gasteiger partial charge in [-0.05, 0) is 12.5 Å². The molecule has 0 atom stereocenters. The Bertz CT molecular complexity index is 740. The number of hydrogen-bond donors (Lipinski definition) is 3. The zero-order chi connectivity index (χ0) is 14.7. The highest BCUT2D eigenvalue weighted by Gasteiger charge is 2.15. The molecule has 1 amide bonds. The van der Waals surface area contributed by atoms with Crippen LogP contribution >= 0.6 is 0 Å². The number of carbonyl (C=O) groups is 1. The van der Waals surface area contributed by atoms with Crippen LogP contribution in [0.25, 0.3) is 0 Å². The van der Waals surface area contributed by atoms with Crippen molar-refractivity contribution in [1.82, 2.24) is 15.0 Å². The fraction of sp³-hybridized carbons (Fsp3) is 0.250. The van der Waals surface area contributed by atoms with E-state index in [-0.39, 0.29) is 12.3 Å². The van der Waals surface area contributed by atoms with Gasteiger partial charge in [0, 0.05) is 17.3 Å². The van der Waals surface area contributed by atoms with Crippen molar-refractivity contribution in [2.45, 2.75) is 19.9 Å². The number of rotatable bonds is 4. The number of amides is 1. The van der Waals surface area contributed by atoms with Crippen LogP contribution < -0.4 is 22.5 Å². The van der Waals surface area contributed by atoms with Crippen molar-refractivity contribution in [2.24, 2.45) is 5.84 Å². The summed E-state index contributed by atoms with van der Waals surface area (Å²) in [5, 5.41) is 0. The molecule has 2 rings (SSSR count). The van der Waals surface area contributed by atoms with Crippen LogP contribution in [0.2, 0.25) is 0 Å². The van der Waals surface area contributed by atoms with Gasteiger partial charge in [-0.15, -0.1) is 0 Å². The number of aromatic amines is 1. The Hall–Kier alpha value is -2.61. The summed E-state index contributed by atoms with van der Waals surface area (Å²) in [5.74, 6) is 4.49. The average molecular weight is 278 g/mol. The summed E-state index contributed by atoms with van der Waals surface area (Å²) in [6, 6.07) is 1.56. The van der Waals surface area contributed by atoms with E-state index in [0.29, 0.717) is 17.5 Å². The number of hydrazine groups is 1. The van der Waals surface area contributed by atoms with E-state index in [0.717, 1.165) is 0 Å². The van der Waals surface area contributed by atoms with Crippen LogP contribution in [0.4, 0.5) is 0 Å². The van der Waals surface area contributed by atoms with Gasteiger partial charge in [-0.3, -0.25) is 24.6 Å². The Morgan fingerprint density at radius 1 is 1.45 bits per heavy atom. The molecule has 2 aromatic rings. The third-order valence-corrected chi connectivity index (χ3v) is 2.89. The van der Waals surface area contributed by atoms with E-state index in [2.05, 4.69) is 4.98 Å². The average Bonchev–Trinajstić information content (AvgIpc) is 2.89. The summed E-state index contributed by atoms with van der Waals surface area (Å²) in [6.45, 7) is 1.91. The first-order valence-electron chi connectivity index (χ1n) is 5.96.